The van der Waals surface area contributed by atoms with E-state index in [-0.39, 0.29) is 11.8 Å². The molecule has 0 saturated carbocycles. The third-order valence-corrected chi connectivity index (χ3v) is 5.02. The van der Waals surface area contributed by atoms with Gasteiger partial charge in [0.15, 0.2) is 0 Å². The molecule has 1 fully saturated rings. The van der Waals surface area contributed by atoms with Crippen molar-refractivity contribution in [2.75, 3.05) is 11.4 Å². The highest BCUT2D eigenvalue weighted by molar-refractivity contribution is 5.99. The van der Waals surface area contributed by atoms with E-state index in [1.807, 2.05) is 36.4 Å². The van der Waals surface area contributed by atoms with Crippen molar-refractivity contribution in [1.82, 2.24) is 5.32 Å². The number of hydrogen-bond donors (Lipinski definition) is 1. The number of nitrogens with one attached hydrogen (secondary N) is 1. The average molecular weight is 358 g/mol. The van der Waals surface area contributed by atoms with Gasteiger partial charge >= 0.3 is 0 Å². The highest BCUT2D eigenvalue weighted by Gasteiger charge is 2.24. The lowest BCUT2D eigenvalue weighted by molar-refractivity contribution is -0.122. The van der Waals surface area contributed by atoms with Crippen molar-refractivity contribution in [3.8, 4) is 0 Å². The fourth-order valence-electron chi connectivity index (χ4n) is 3.36. The predicted octanol–water partition coefficient (Wildman–Crippen LogP) is 3.83. The van der Waals surface area contributed by atoms with Gasteiger partial charge in [-0.3, -0.25) is 9.59 Å². The van der Waals surface area contributed by atoms with Gasteiger partial charge in [-0.1, -0.05) is 54.6 Å². The molecule has 1 N–H and O–H groups in total. The van der Waals surface area contributed by atoms with Gasteiger partial charge in [-0.15, -0.1) is 0 Å². The van der Waals surface area contributed by atoms with E-state index in [1.54, 1.807) is 4.90 Å². The molecular weight excluding hydrogens is 336 g/mol. The summed E-state index contributed by atoms with van der Waals surface area (Å²) in [5.41, 5.74) is 3.09. The Morgan fingerprint density at radius 3 is 2.56 bits per heavy atom. The average Bonchev–Trinajstić information content (AvgIpc) is 2.69. The zero-order chi connectivity index (χ0) is 18.6. The molecule has 0 atom stereocenters. The van der Waals surface area contributed by atoms with Gasteiger partial charge in [0, 0.05) is 31.6 Å². The van der Waals surface area contributed by atoms with Crippen molar-refractivity contribution < 1.29 is 9.59 Å². The summed E-state index contributed by atoms with van der Waals surface area (Å²) in [5, 5.41) is 5.39. The molecule has 1 aliphatic heterocycles. The molecule has 0 bridgehead atoms. The summed E-state index contributed by atoms with van der Waals surface area (Å²) in [6.45, 7) is 1.26. The number of fused-ring (bicyclic) bond motifs is 1. The van der Waals surface area contributed by atoms with Crippen LogP contribution in [-0.4, -0.2) is 18.4 Å². The summed E-state index contributed by atoms with van der Waals surface area (Å²) in [6, 6.07) is 22.4. The molecule has 3 aromatic carbocycles. The molecule has 2 amide bonds. The first-order valence-electron chi connectivity index (χ1n) is 9.33. The van der Waals surface area contributed by atoms with Gasteiger partial charge in [0.25, 0.3) is 0 Å². The van der Waals surface area contributed by atoms with E-state index >= 15 is 0 Å². The molecule has 136 valence electrons. The predicted molar refractivity (Wildman–Crippen MR) is 108 cm³/mol. The van der Waals surface area contributed by atoms with Gasteiger partial charge in [0.2, 0.25) is 11.8 Å². The van der Waals surface area contributed by atoms with Gasteiger partial charge in [-0.25, -0.2) is 0 Å². The maximum atomic E-state index is 12.2. The Morgan fingerprint density at radius 1 is 0.926 bits per heavy atom. The Labute approximate surface area is 158 Å². The number of rotatable bonds is 6. The Bertz CT molecular complexity index is 996. The summed E-state index contributed by atoms with van der Waals surface area (Å²) in [7, 11) is 0. The molecule has 3 aromatic rings. The van der Waals surface area contributed by atoms with E-state index in [0.717, 1.165) is 24.2 Å². The lowest BCUT2D eigenvalue weighted by atomic mass is 10.0. The number of β-lactam (4-membered cyclic amide) rings is 1. The van der Waals surface area contributed by atoms with Crippen molar-refractivity contribution in [2.45, 2.75) is 25.8 Å². The monoisotopic (exact) mass is 358 g/mol. The molecule has 4 heteroatoms. The molecule has 1 aliphatic rings. The quantitative estimate of drug-likeness (QED) is 0.681. The number of carbonyl (C=O) groups excluding carboxylic acids is 2. The standard InChI is InChI=1S/C23H22N2O2/c26-22(11-9-17-8-10-19-5-1-2-6-20(19)14-17)24-16-18-4-3-7-21(15-18)25-13-12-23(25)27/h1-8,10,14-15H,9,11-13,16H2,(H,24,26). The van der Waals surface area contributed by atoms with Crippen LogP contribution >= 0.6 is 0 Å². The lowest BCUT2D eigenvalue weighted by Gasteiger charge is -2.30. The molecule has 27 heavy (non-hydrogen) atoms. The number of carbonyl (C=O) groups is 2. The second kappa shape index (κ2) is 7.62. The summed E-state index contributed by atoms with van der Waals surface area (Å²) in [4.78, 5) is 25.6. The van der Waals surface area contributed by atoms with Crippen molar-refractivity contribution in [1.29, 1.82) is 0 Å². The molecular formula is C23H22N2O2. The van der Waals surface area contributed by atoms with E-state index < -0.39 is 0 Å². The van der Waals surface area contributed by atoms with Crippen LogP contribution in [-0.2, 0) is 22.6 Å². The molecule has 0 spiro atoms. The van der Waals surface area contributed by atoms with E-state index in [2.05, 4.69) is 35.6 Å². The minimum Gasteiger partial charge on any atom is -0.352 e. The number of anilines is 1. The third kappa shape index (κ3) is 4.00. The molecule has 0 aromatic heterocycles. The molecule has 0 unspecified atom stereocenters. The summed E-state index contributed by atoms with van der Waals surface area (Å²) >= 11 is 0. The number of amides is 2. The minimum absolute atomic E-state index is 0.0357. The smallest absolute Gasteiger partial charge is 0.228 e. The molecule has 1 saturated heterocycles. The van der Waals surface area contributed by atoms with Crippen LogP contribution in [0.1, 0.15) is 24.0 Å². The van der Waals surface area contributed by atoms with E-state index in [9.17, 15) is 9.59 Å². The zero-order valence-electron chi connectivity index (χ0n) is 15.2. The van der Waals surface area contributed by atoms with E-state index in [4.69, 9.17) is 0 Å². The third-order valence-electron chi connectivity index (χ3n) is 5.02. The maximum Gasteiger partial charge on any atom is 0.228 e. The highest BCUT2D eigenvalue weighted by Crippen LogP contribution is 2.22. The van der Waals surface area contributed by atoms with Crippen LogP contribution in [0.15, 0.2) is 66.7 Å². The van der Waals surface area contributed by atoms with Crippen LogP contribution in [0.4, 0.5) is 5.69 Å². The number of benzene rings is 3. The topological polar surface area (TPSA) is 49.4 Å². The van der Waals surface area contributed by atoms with Crippen molar-refractivity contribution in [2.24, 2.45) is 0 Å². The second-order valence-corrected chi connectivity index (χ2v) is 6.92. The molecule has 4 nitrogen and oxygen atoms in total. The fourth-order valence-corrected chi connectivity index (χ4v) is 3.36. The Kier molecular flexibility index (Phi) is 4.88. The first-order valence-corrected chi connectivity index (χ1v) is 9.33. The van der Waals surface area contributed by atoms with Crippen molar-refractivity contribution in [3.05, 3.63) is 77.9 Å². The van der Waals surface area contributed by atoms with E-state index in [1.165, 1.54) is 16.3 Å². The Balaban J connectivity index is 1.30. The van der Waals surface area contributed by atoms with Crippen molar-refractivity contribution >= 4 is 28.3 Å². The SMILES string of the molecule is O=C(CCc1ccc2ccccc2c1)NCc1cccc(N2CCC2=O)c1. The number of aryl methyl sites for hydroxylation is 1. The zero-order valence-corrected chi connectivity index (χ0v) is 15.2. The molecule has 4 rings (SSSR count). The second-order valence-electron chi connectivity index (χ2n) is 6.92. The van der Waals surface area contributed by atoms with Gasteiger partial charge in [-0.05, 0) is 40.5 Å². The first-order chi connectivity index (χ1) is 13.2. The highest BCUT2D eigenvalue weighted by atomic mass is 16.2. The number of nitrogens with zero attached hydrogens (tertiary/aromatic N) is 1. The summed E-state index contributed by atoms with van der Waals surface area (Å²) in [5.74, 6) is 0.195. The van der Waals surface area contributed by atoms with Gasteiger partial charge < -0.3 is 10.2 Å². The Hall–Kier alpha value is -3.14. The molecule has 1 heterocycles. The maximum absolute atomic E-state index is 12.2. The normalized spacial score (nSPS) is 13.5. The molecule has 0 aliphatic carbocycles. The van der Waals surface area contributed by atoms with Crippen LogP contribution < -0.4 is 10.2 Å². The van der Waals surface area contributed by atoms with Crippen LogP contribution in [0.3, 0.4) is 0 Å². The van der Waals surface area contributed by atoms with Gasteiger partial charge in [0.05, 0.1) is 0 Å². The summed E-state index contributed by atoms with van der Waals surface area (Å²) in [6.07, 6.45) is 1.80. The fraction of sp³-hybridized carbons (Fsp3) is 0.217. The lowest BCUT2D eigenvalue weighted by Crippen LogP contribution is -2.43. The summed E-state index contributed by atoms with van der Waals surface area (Å²) < 4.78 is 0. The minimum atomic E-state index is 0.0357. The van der Waals surface area contributed by atoms with E-state index in [0.29, 0.717) is 19.4 Å². The van der Waals surface area contributed by atoms with Crippen molar-refractivity contribution in [3.63, 3.8) is 0 Å². The van der Waals surface area contributed by atoms with Gasteiger partial charge in [-0.2, -0.15) is 0 Å². The largest absolute Gasteiger partial charge is 0.352 e. The van der Waals surface area contributed by atoms with Crippen LogP contribution in [0.5, 0.6) is 0 Å². The van der Waals surface area contributed by atoms with Crippen LogP contribution in [0, 0.1) is 0 Å². The first kappa shape index (κ1) is 17.3. The Morgan fingerprint density at radius 2 is 1.78 bits per heavy atom. The van der Waals surface area contributed by atoms with Gasteiger partial charge in [0.1, 0.15) is 0 Å². The van der Waals surface area contributed by atoms with Crippen LogP contribution in [0.25, 0.3) is 10.8 Å². The van der Waals surface area contributed by atoms with Crippen LogP contribution in [0.2, 0.25) is 0 Å². The number of hydrogen-bond acceptors (Lipinski definition) is 2. The molecule has 0 radical (unpaired) electrons.